The Bertz CT molecular complexity index is 772. The second-order valence-corrected chi connectivity index (χ2v) is 7.38. The number of nitrogens with one attached hydrogen (secondary N) is 1. The summed E-state index contributed by atoms with van der Waals surface area (Å²) in [5.41, 5.74) is 1.12. The van der Waals surface area contributed by atoms with E-state index >= 15 is 0 Å². The first kappa shape index (κ1) is 19.3. The van der Waals surface area contributed by atoms with Crippen LogP contribution in [0.1, 0.15) is 43.5 Å². The maximum absolute atomic E-state index is 12.2. The summed E-state index contributed by atoms with van der Waals surface area (Å²) >= 11 is 0. The Balaban J connectivity index is 1.55. The molecule has 0 radical (unpaired) electrons. The van der Waals surface area contributed by atoms with Gasteiger partial charge in [-0.1, -0.05) is 13.3 Å². The van der Waals surface area contributed by atoms with Crippen LogP contribution in [0.5, 0.6) is 0 Å². The molecule has 1 unspecified atom stereocenters. The third kappa shape index (κ3) is 5.28. The number of carbonyl (C=O) groups excluding carboxylic acids is 1. The van der Waals surface area contributed by atoms with Gasteiger partial charge in [-0.25, -0.2) is 15.0 Å². The van der Waals surface area contributed by atoms with Crippen LogP contribution in [-0.4, -0.2) is 45.1 Å². The van der Waals surface area contributed by atoms with Gasteiger partial charge in [-0.15, -0.1) is 0 Å². The van der Waals surface area contributed by atoms with E-state index in [9.17, 15) is 4.79 Å². The van der Waals surface area contributed by atoms with Crippen molar-refractivity contribution in [3.8, 4) is 0 Å². The van der Waals surface area contributed by atoms with Crippen molar-refractivity contribution in [2.24, 2.45) is 5.92 Å². The molecule has 1 fully saturated rings. The summed E-state index contributed by atoms with van der Waals surface area (Å²) in [4.78, 5) is 27.9. The van der Waals surface area contributed by atoms with Gasteiger partial charge in [0.25, 0.3) is 0 Å². The topological polar surface area (TPSA) is 75.9 Å². The number of rotatable bonds is 7. The van der Waals surface area contributed by atoms with Gasteiger partial charge in [-0.05, 0) is 39.0 Å². The molecule has 1 aliphatic heterocycles. The minimum atomic E-state index is 0.0383. The molecule has 3 rings (SSSR count). The Kier molecular flexibility index (Phi) is 6.42. The standard InChI is InChI=1S/C20H30N6O/c1-4-6-18-11-19(24-15(2)23-18)26-9-5-7-17(13-26)12-22-20(27)14-25-10-8-21-16(25)3/h8,10-11,17H,4-7,9,12-14H2,1-3H3,(H,22,27). The van der Waals surface area contributed by atoms with Crippen LogP contribution in [0.2, 0.25) is 0 Å². The molecule has 0 aromatic carbocycles. The summed E-state index contributed by atoms with van der Waals surface area (Å²) in [6.07, 6.45) is 7.87. The molecule has 0 saturated carbocycles. The van der Waals surface area contributed by atoms with E-state index in [2.05, 4.69) is 38.2 Å². The van der Waals surface area contributed by atoms with Gasteiger partial charge in [0.05, 0.1) is 0 Å². The van der Waals surface area contributed by atoms with Crippen molar-refractivity contribution in [3.63, 3.8) is 0 Å². The maximum Gasteiger partial charge on any atom is 0.239 e. The second-order valence-electron chi connectivity index (χ2n) is 7.38. The quantitative estimate of drug-likeness (QED) is 0.809. The lowest BCUT2D eigenvalue weighted by molar-refractivity contribution is -0.121. The van der Waals surface area contributed by atoms with Crippen molar-refractivity contribution in [3.05, 3.63) is 35.8 Å². The average molecular weight is 371 g/mol. The smallest absolute Gasteiger partial charge is 0.239 e. The van der Waals surface area contributed by atoms with E-state index in [1.165, 1.54) is 0 Å². The summed E-state index contributed by atoms with van der Waals surface area (Å²) < 4.78 is 1.86. The fourth-order valence-corrected chi connectivity index (χ4v) is 3.64. The molecule has 1 saturated heterocycles. The number of nitrogens with zero attached hydrogens (tertiary/aromatic N) is 5. The SMILES string of the molecule is CCCc1cc(N2CCCC(CNC(=O)Cn3ccnc3C)C2)nc(C)n1. The van der Waals surface area contributed by atoms with E-state index < -0.39 is 0 Å². The largest absolute Gasteiger partial charge is 0.356 e. The zero-order chi connectivity index (χ0) is 19.2. The number of aryl methyl sites for hydroxylation is 3. The van der Waals surface area contributed by atoms with E-state index in [0.29, 0.717) is 19.0 Å². The summed E-state index contributed by atoms with van der Waals surface area (Å²) in [5, 5.41) is 3.09. The van der Waals surface area contributed by atoms with Crippen LogP contribution in [-0.2, 0) is 17.8 Å². The molecule has 1 aliphatic rings. The van der Waals surface area contributed by atoms with Crippen LogP contribution in [0.15, 0.2) is 18.5 Å². The zero-order valence-electron chi connectivity index (χ0n) is 16.6. The Morgan fingerprint density at radius 1 is 1.33 bits per heavy atom. The van der Waals surface area contributed by atoms with Crippen molar-refractivity contribution < 1.29 is 4.79 Å². The first-order valence-electron chi connectivity index (χ1n) is 9.89. The monoisotopic (exact) mass is 370 g/mol. The third-order valence-corrected chi connectivity index (χ3v) is 5.05. The van der Waals surface area contributed by atoms with Crippen molar-refractivity contribution >= 4 is 11.7 Å². The highest BCUT2D eigenvalue weighted by Crippen LogP contribution is 2.22. The van der Waals surface area contributed by atoms with Gasteiger partial charge in [-0.2, -0.15) is 0 Å². The van der Waals surface area contributed by atoms with Crippen LogP contribution < -0.4 is 10.2 Å². The molecule has 7 heteroatoms. The highest BCUT2D eigenvalue weighted by Gasteiger charge is 2.22. The van der Waals surface area contributed by atoms with E-state index in [1.54, 1.807) is 6.20 Å². The predicted molar refractivity (Wildman–Crippen MR) is 106 cm³/mol. The molecule has 1 atom stereocenters. The van der Waals surface area contributed by atoms with Gasteiger partial charge >= 0.3 is 0 Å². The number of amides is 1. The fourth-order valence-electron chi connectivity index (χ4n) is 3.64. The van der Waals surface area contributed by atoms with Gasteiger partial charge < -0.3 is 14.8 Å². The van der Waals surface area contributed by atoms with E-state index in [0.717, 1.165) is 61.9 Å². The van der Waals surface area contributed by atoms with E-state index in [-0.39, 0.29) is 5.91 Å². The lowest BCUT2D eigenvalue weighted by Gasteiger charge is -2.34. The van der Waals surface area contributed by atoms with Gasteiger partial charge in [0.15, 0.2) is 0 Å². The van der Waals surface area contributed by atoms with Crippen molar-refractivity contribution in [1.29, 1.82) is 0 Å². The summed E-state index contributed by atoms with van der Waals surface area (Å²) in [7, 11) is 0. The summed E-state index contributed by atoms with van der Waals surface area (Å²) in [6.45, 7) is 9.00. The van der Waals surface area contributed by atoms with Crippen molar-refractivity contribution in [2.45, 2.75) is 53.0 Å². The Morgan fingerprint density at radius 3 is 2.93 bits per heavy atom. The summed E-state index contributed by atoms with van der Waals surface area (Å²) in [6, 6.07) is 2.12. The maximum atomic E-state index is 12.2. The molecule has 2 aromatic rings. The molecule has 0 bridgehead atoms. The Morgan fingerprint density at radius 2 is 2.19 bits per heavy atom. The Labute approximate surface area is 161 Å². The lowest BCUT2D eigenvalue weighted by Crippen LogP contribution is -2.42. The highest BCUT2D eigenvalue weighted by molar-refractivity contribution is 5.75. The third-order valence-electron chi connectivity index (χ3n) is 5.05. The van der Waals surface area contributed by atoms with Crippen LogP contribution in [0.3, 0.4) is 0 Å². The second kappa shape index (κ2) is 8.97. The summed E-state index contributed by atoms with van der Waals surface area (Å²) in [5.74, 6) is 3.20. The van der Waals surface area contributed by atoms with Crippen molar-refractivity contribution in [2.75, 3.05) is 24.5 Å². The highest BCUT2D eigenvalue weighted by atomic mass is 16.1. The molecule has 27 heavy (non-hydrogen) atoms. The number of carbonyl (C=O) groups is 1. The minimum absolute atomic E-state index is 0.0383. The zero-order valence-corrected chi connectivity index (χ0v) is 16.6. The van der Waals surface area contributed by atoms with Gasteiger partial charge in [0.2, 0.25) is 5.91 Å². The molecule has 1 N–H and O–H groups in total. The molecule has 3 heterocycles. The molecular weight excluding hydrogens is 340 g/mol. The molecule has 2 aromatic heterocycles. The first-order chi connectivity index (χ1) is 13.0. The van der Waals surface area contributed by atoms with E-state index in [4.69, 9.17) is 0 Å². The van der Waals surface area contributed by atoms with Crippen LogP contribution in [0, 0.1) is 19.8 Å². The average Bonchev–Trinajstić information content (AvgIpc) is 3.05. The van der Waals surface area contributed by atoms with Crippen molar-refractivity contribution in [1.82, 2.24) is 24.8 Å². The number of hydrogen-bond donors (Lipinski definition) is 1. The molecule has 0 aliphatic carbocycles. The van der Waals surface area contributed by atoms with E-state index in [1.807, 2.05) is 24.6 Å². The van der Waals surface area contributed by atoms with Gasteiger partial charge in [0, 0.05) is 43.8 Å². The molecule has 0 spiro atoms. The number of aromatic nitrogens is 4. The molecule has 146 valence electrons. The first-order valence-corrected chi connectivity index (χ1v) is 9.89. The number of anilines is 1. The molecule has 1 amide bonds. The van der Waals surface area contributed by atoms with Gasteiger partial charge in [-0.3, -0.25) is 4.79 Å². The van der Waals surface area contributed by atoms with Crippen LogP contribution in [0.4, 0.5) is 5.82 Å². The van der Waals surface area contributed by atoms with Crippen LogP contribution >= 0.6 is 0 Å². The molecular formula is C20H30N6O. The number of imidazole rings is 1. The minimum Gasteiger partial charge on any atom is -0.356 e. The Hall–Kier alpha value is -2.44. The normalized spacial score (nSPS) is 17.1. The van der Waals surface area contributed by atoms with Crippen LogP contribution in [0.25, 0.3) is 0 Å². The number of hydrogen-bond acceptors (Lipinski definition) is 5. The number of piperidine rings is 1. The molecule has 7 nitrogen and oxygen atoms in total. The lowest BCUT2D eigenvalue weighted by atomic mass is 9.98. The predicted octanol–water partition coefficient (Wildman–Crippen LogP) is 2.28. The fraction of sp³-hybridized carbons (Fsp3) is 0.600. The van der Waals surface area contributed by atoms with Gasteiger partial charge in [0.1, 0.15) is 24.0 Å².